The molecular weight excluding hydrogens is 400 g/mol. The van der Waals surface area contributed by atoms with Crippen LogP contribution in [0.15, 0.2) is 48.5 Å². The zero-order valence-electron chi connectivity index (χ0n) is 17.4. The van der Waals surface area contributed by atoms with Crippen molar-refractivity contribution in [3.63, 3.8) is 0 Å². The van der Waals surface area contributed by atoms with Crippen molar-refractivity contribution < 1.29 is 23.9 Å². The molecule has 1 unspecified atom stereocenters. The number of benzene rings is 2. The number of methoxy groups -OCH3 is 1. The van der Waals surface area contributed by atoms with Crippen molar-refractivity contribution in [2.45, 2.75) is 19.0 Å². The first-order chi connectivity index (χ1) is 14.9. The second-order valence-electron chi connectivity index (χ2n) is 7.63. The van der Waals surface area contributed by atoms with Gasteiger partial charge in [-0.05, 0) is 30.7 Å². The van der Waals surface area contributed by atoms with Gasteiger partial charge in [-0.1, -0.05) is 30.3 Å². The summed E-state index contributed by atoms with van der Waals surface area (Å²) in [7, 11) is 1.52. The van der Waals surface area contributed by atoms with Crippen LogP contribution in [0.5, 0.6) is 11.5 Å². The number of fused-ring (bicyclic) bond motifs is 1. The van der Waals surface area contributed by atoms with Gasteiger partial charge in [-0.2, -0.15) is 5.01 Å². The summed E-state index contributed by atoms with van der Waals surface area (Å²) in [6.07, 6.45) is 0. The van der Waals surface area contributed by atoms with E-state index in [9.17, 15) is 14.4 Å². The van der Waals surface area contributed by atoms with Crippen LogP contribution in [0.4, 0.5) is 4.79 Å². The maximum Gasteiger partial charge on any atom is 0.344 e. The number of nitrogens with zero attached hydrogens (tertiary/aromatic N) is 2. The predicted octanol–water partition coefficient (Wildman–Crippen LogP) is 1.39. The van der Waals surface area contributed by atoms with Crippen molar-refractivity contribution >= 4 is 17.8 Å². The first-order valence-corrected chi connectivity index (χ1v) is 9.94. The number of hydrazine groups is 1. The van der Waals surface area contributed by atoms with E-state index in [1.807, 2.05) is 29.2 Å². The lowest BCUT2D eigenvalue weighted by Crippen LogP contribution is -2.50. The van der Waals surface area contributed by atoms with E-state index in [1.165, 1.54) is 7.11 Å². The Morgan fingerprint density at radius 1 is 1.23 bits per heavy atom. The molecule has 0 spiro atoms. The van der Waals surface area contributed by atoms with E-state index in [0.717, 1.165) is 16.3 Å². The molecule has 2 aliphatic rings. The van der Waals surface area contributed by atoms with Gasteiger partial charge < -0.3 is 14.8 Å². The highest BCUT2D eigenvalue weighted by atomic mass is 16.5. The van der Waals surface area contributed by atoms with Gasteiger partial charge >= 0.3 is 6.03 Å². The van der Waals surface area contributed by atoms with Gasteiger partial charge in [0.05, 0.1) is 13.7 Å². The standard InChI is InChI=1S/C22H24N4O5/c1-22(16-7-5-8-17(12-16)30-2)20(28)26(21(29)23-22)24-19(27)14-25-10-11-31-18-9-4-3-6-15(18)13-25/h3-9,12H,10-11,13-14H2,1-2H3,(H,23,29)(H,24,27). The number of carbonyl (C=O) groups is 3. The minimum atomic E-state index is -1.31. The van der Waals surface area contributed by atoms with Gasteiger partial charge in [0.2, 0.25) is 0 Å². The Morgan fingerprint density at radius 2 is 2.03 bits per heavy atom. The number of hydrogen-bond acceptors (Lipinski definition) is 6. The number of para-hydroxylation sites is 1. The van der Waals surface area contributed by atoms with Crippen molar-refractivity contribution in [3.05, 3.63) is 59.7 Å². The van der Waals surface area contributed by atoms with Crippen LogP contribution in [0, 0.1) is 0 Å². The number of urea groups is 1. The molecule has 2 heterocycles. The van der Waals surface area contributed by atoms with Crippen LogP contribution in [0.1, 0.15) is 18.1 Å². The summed E-state index contributed by atoms with van der Waals surface area (Å²) in [5.74, 6) is 0.335. The van der Waals surface area contributed by atoms with E-state index in [-0.39, 0.29) is 6.54 Å². The topological polar surface area (TPSA) is 100 Å². The van der Waals surface area contributed by atoms with Crippen LogP contribution >= 0.6 is 0 Å². The third kappa shape index (κ3) is 4.04. The molecule has 1 fully saturated rings. The molecule has 162 valence electrons. The minimum absolute atomic E-state index is 0.0185. The second kappa shape index (κ2) is 8.27. The first-order valence-electron chi connectivity index (χ1n) is 9.94. The van der Waals surface area contributed by atoms with Crippen LogP contribution in [0.3, 0.4) is 0 Å². The quantitative estimate of drug-likeness (QED) is 0.704. The van der Waals surface area contributed by atoms with Gasteiger partial charge in [0.15, 0.2) is 0 Å². The molecule has 2 aromatic rings. The smallest absolute Gasteiger partial charge is 0.344 e. The number of rotatable bonds is 5. The zero-order chi connectivity index (χ0) is 22.0. The molecule has 9 heteroatoms. The fourth-order valence-electron chi connectivity index (χ4n) is 3.75. The monoisotopic (exact) mass is 424 g/mol. The van der Waals surface area contributed by atoms with Crippen LogP contribution in [0.2, 0.25) is 0 Å². The molecule has 4 amide bonds. The Kier molecular flexibility index (Phi) is 5.51. The van der Waals surface area contributed by atoms with Gasteiger partial charge in [0, 0.05) is 18.7 Å². The van der Waals surface area contributed by atoms with Crippen molar-refractivity contribution in [1.29, 1.82) is 0 Å². The summed E-state index contributed by atoms with van der Waals surface area (Å²) in [4.78, 5) is 40.1. The third-order valence-electron chi connectivity index (χ3n) is 5.47. The average Bonchev–Trinajstić information content (AvgIpc) is 2.90. The predicted molar refractivity (Wildman–Crippen MR) is 111 cm³/mol. The summed E-state index contributed by atoms with van der Waals surface area (Å²) in [5, 5.41) is 3.40. The van der Waals surface area contributed by atoms with Gasteiger partial charge in [-0.15, -0.1) is 0 Å². The van der Waals surface area contributed by atoms with Gasteiger partial charge in [0.25, 0.3) is 11.8 Å². The molecule has 0 aromatic heterocycles. The Labute approximate surface area is 179 Å². The first kappa shape index (κ1) is 20.7. The number of imide groups is 1. The molecule has 1 atom stereocenters. The van der Waals surface area contributed by atoms with Gasteiger partial charge in [-0.25, -0.2) is 4.79 Å². The van der Waals surface area contributed by atoms with Crippen molar-refractivity contribution in [2.75, 3.05) is 26.8 Å². The van der Waals surface area contributed by atoms with E-state index < -0.39 is 23.4 Å². The fourth-order valence-corrected chi connectivity index (χ4v) is 3.75. The van der Waals surface area contributed by atoms with E-state index >= 15 is 0 Å². The molecule has 9 nitrogen and oxygen atoms in total. The maximum atomic E-state index is 13.0. The summed E-state index contributed by atoms with van der Waals surface area (Å²) in [6, 6.07) is 13.9. The highest BCUT2D eigenvalue weighted by Crippen LogP contribution is 2.30. The third-order valence-corrected chi connectivity index (χ3v) is 5.47. The molecule has 0 bridgehead atoms. The van der Waals surface area contributed by atoms with Crippen molar-refractivity contribution in [1.82, 2.24) is 20.7 Å². The van der Waals surface area contributed by atoms with Crippen LogP contribution in [-0.2, 0) is 21.7 Å². The largest absolute Gasteiger partial charge is 0.497 e. The average molecular weight is 424 g/mol. The maximum absolute atomic E-state index is 13.0. The van der Waals surface area contributed by atoms with Crippen LogP contribution in [0.25, 0.3) is 0 Å². The van der Waals surface area contributed by atoms with Crippen LogP contribution in [-0.4, -0.2) is 54.6 Å². The lowest BCUT2D eigenvalue weighted by atomic mass is 9.92. The molecule has 31 heavy (non-hydrogen) atoms. The molecule has 2 N–H and O–H groups in total. The molecule has 1 saturated heterocycles. The van der Waals surface area contributed by atoms with E-state index in [0.29, 0.717) is 31.0 Å². The highest BCUT2D eigenvalue weighted by molar-refractivity contribution is 6.08. The van der Waals surface area contributed by atoms with E-state index in [4.69, 9.17) is 9.47 Å². The molecular formula is C22H24N4O5. The number of ether oxygens (including phenoxy) is 2. The number of hydrogen-bond donors (Lipinski definition) is 2. The van der Waals surface area contributed by atoms with E-state index in [2.05, 4.69) is 10.7 Å². The van der Waals surface area contributed by atoms with Crippen LogP contribution < -0.4 is 20.2 Å². The second-order valence-corrected chi connectivity index (χ2v) is 7.63. The lowest BCUT2D eigenvalue weighted by molar-refractivity contribution is -0.139. The summed E-state index contributed by atoms with van der Waals surface area (Å²) < 4.78 is 10.9. The van der Waals surface area contributed by atoms with E-state index in [1.54, 1.807) is 31.2 Å². The molecule has 2 aromatic carbocycles. The molecule has 2 aliphatic heterocycles. The molecule has 0 saturated carbocycles. The Balaban J connectivity index is 1.44. The van der Waals surface area contributed by atoms with Gasteiger partial charge in [0.1, 0.15) is 23.6 Å². The normalized spacial score (nSPS) is 21.0. The Hall–Kier alpha value is -3.59. The highest BCUT2D eigenvalue weighted by Gasteiger charge is 2.50. The number of amides is 4. The lowest BCUT2D eigenvalue weighted by Gasteiger charge is -2.23. The molecule has 0 radical (unpaired) electrons. The number of carbonyl (C=O) groups excluding carboxylic acids is 3. The molecule has 4 rings (SSSR count). The summed E-state index contributed by atoms with van der Waals surface area (Å²) in [6.45, 7) is 3.14. The zero-order valence-corrected chi connectivity index (χ0v) is 17.4. The van der Waals surface area contributed by atoms with Crippen molar-refractivity contribution in [2.24, 2.45) is 0 Å². The number of nitrogens with one attached hydrogen (secondary N) is 2. The van der Waals surface area contributed by atoms with Crippen molar-refractivity contribution in [3.8, 4) is 11.5 Å². The fraction of sp³-hybridized carbons (Fsp3) is 0.318. The summed E-state index contributed by atoms with van der Waals surface area (Å²) >= 11 is 0. The molecule has 0 aliphatic carbocycles. The SMILES string of the molecule is COc1cccc(C2(C)NC(=O)N(NC(=O)CN3CCOc4ccccc4C3)C2=O)c1. The van der Waals surface area contributed by atoms with Gasteiger partial charge in [-0.3, -0.25) is 19.9 Å². The Bertz CT molecular complexity index is 1030. The minimum Gasteiger partial charge on any atom is -0.497 e. The summed E-state index contributed by atoms with van der Waals surface area (Å²) in [5.41, 5.74) is 2.67. The Morgan fingerprint density at radius 3 is 2.84 bits per heavy atom.